The molecule has 0 bridgehead atoms. The van der Waals surface area contributed by atoms with Crippen LogP contribution >= 0.6 is 0 Å². The molecule has 1 aliphatic heterocycles. The molecule has 14 nitrogen and oxygen atoms in total. The van der Waals surface area contributed by atoms with Gasteiger partial charge in [0, 0.05) is 13.0 Å². The Morgan fingerprint density at radius 2 is 0.710 bits per heavy atom. The number of nitrogens with one attached hydrogen (secondary N) is 2. The number of nitro groups is 3. The second-order valence-electron chi connectivity index (χ2n) is 17.5. The van der Waals surface area contributed by atoms with Crippen molar-refractivity contribution in [2.24, 2.45) is 4.99 Å². The van der Waals surface area contributed by atoms with Gasteiger partial charge in [-0.25, -0.2) is 4.99 Å². The highest BCUT2D eigenvalue weighted by molar-refractivity contribution is 6.13. The van der Waals surface area contributed by atoms with E-state index in [0.29, 0.717) is 23.5 Å². The van der Waals surface area contributed by atoms with Crippen molar-refractivity contribution in [3.63, 3.8) is 0 Å². The minimum Gasteiger partial charge on any atom is -0.288 e. The molecule has 0 spiro atoms. The zero-order valence-electron chi connectivity index (χ0n) is 66.1. The van der Waals surface area contributed by atoms with Crippen LogP contribution in [0.3, 0.4) is 0 Å². The third-order valence-corrected chi connectivity index (χ3v) is 13.0. The van der Waals surface area contributed by atoms with Gasteiger partial charge in [0.25, 0.3) is 5.69 Å². The monoisotopic (exact) mass is 1360 g/mol. The summed E-state index contributed by atoms with van der Waals surface area (Å²) in [7, 11) is 1.98. The number of amidine groups is 1. The fraction of sp³-hybridized carbons (Fsp3) is 0.337. The van der Waals surface area contributed by atoms with Crippen LogP contribution in [0.1, 0.15) is 221 Å². The lowest BCUT2D eigenvalue weighted by Gasteiger charge is -2.26. The Bertz CT molecular complexity index is 3500. The Balaban J connectivity index is -0.000000624. The minimum atomic E-state index is -0.921. The van der Waals surface area contributed by atoms with Crippen molar-refractivity contribution in [3.8, 4) is 22.3 Å². The number of nitrogens with zero attached hydrogens (tertiary/aromatic N) is 6. The van der Waals surface area contributed by atoms with Gasteiger partial charge in [-0.2, -0.15) is 0 Å². The van der Waals surface area contributed by atoms with Gasteiger partial charge in [-0.3, -0.25) is 51.2 Å². The first-order valence-electron chi connectivity index (χ1n) is 36.7. The number of benzene rings is 9. The van der Waals surface area contributed by atoms with Crippen molar-refractivity contribution in [3.05, 3.63) is 283 Å². The maximum Gasteiger partial charge on any atom is 0.308 e. The third-order valence-electron chi connectivity index (χ3n) is 13.0. The first-order valence-corrected chi connectivity index (χ1v) is 36.7. The van der Waals surface area contributed by atoms with E-state index in [0.717, 1.165) is 17.2 Å². The molecule has 0 unspecified atom stereocenters. The van der Waals surface area contributed by atoms with Crippen LogP contribution in [0.5, 0.6) is 0 Å². The van der Waals surface area contributed by atoms with Gasteiger partial charge in [0.05, 0.1) is 49.7 Å². The van der Waals surface area contributed by atoms with Crippen LogP contribution < -0.4 is 20.9 Å². The molecule has 0 aromatic heterocycles. The summed E-state index contributed by atoms with van der Waals surface area (Å²) >= 11 is 0. The predicted octanol–water partition coefficient (Wildman–Crippen LogP) is 28.0. The van der Waals surface area contributed by atoms with E-state index in [9.17, 15) is 30.3 Å². The number of aliphatic imine (C=N–C) groups is 1. The quantitative estimate of drug-likeness (QED) is 0.105. The van der Waals surface area contributed by atoms with E-state index in [2.05, 4.69) is 143 Å². The van der Waals surface area contributed by atoms with Crippen LogP contribution in [-0.4, -0.2) is 27.7 Å². The topological polar surface area (TPSA) is 172 Å². The molecule has 1 heterocycles. The fourth-order valence-electron chi connectivity index (χ4n) is 9.85. The smallest absolute Gasteiger partial charge is 0.288 e. The normalized spacial score (nSPS) is 9.90. The predicted molar refractivity (Wildman–Crippen MR) is 441 cm³/mol. The number of hydrazine groups is 2. The Labute approximate surface area is 604 Å². The van der Waals surface area contributed by atoms with Crippen LogP contribution in [0.15, 0.2) is 229 Å². The number of nitro benzene ring substituents is 3. The molecule has 0 atom stereocenters. The molecule has 0 amide bonds. The zero-order valence-corrected chi connectivity index (χ0v) is 66.1. The molecule has 3 aliphatic rings. The molecule has 0 radical (unpaired) electrons. The van der Waals surface area contributed by atoms with Crippen LogP contribution in [0, 0.1) is 30.3 Å². The molecule has 2 N–H and O–H groups in total. The minimum absolute atomic E-state index is 0.189. The number of para-hydroxylation sites is 4. The Morgan fingerprint density at radius 3 is 1.07 bits per heavy atom. The van der Waals surface area contributed by atoms with E-state index < -0.39 is 37.5 Å². The SMILES string of the molecule is CC.CC.CC.CC.CC.CC.CC.CC.CC.CC.CC.CC.CC.CC1=Nc2ccccc2N(C)N1.O=[N+]([O-])c1cc([N+](=O)[O-])c(NN(c2ccccc2)c2ccccc2)c([N+](=O)[O-])c1.c1ccc(C(=C2c3ccccc3-c3ccccc32)C2c3ccccc3-c3ccccc32)cc1. The molecule has 0 fully saturated rings. The van der Waals surface area contributed by atoms with E-state index >= 15 is 0 Å². The van der Waals surface area contributed by atoms with E-state index in [1.54, 1.807) is 60.7 Å². The molecule has 14 heteroatoms. The molecular weight excluding hydrogens is 1240 g/mol. The first-order chi connectivity index (χ1) is 49.1. The van der Waals surface area contributed by atoms with E-state index in [4.69, 9.17) is 0 Å². The summed E-state index contributed by atoms with van der Waals surface area (Å²) in [4.78, 5) is 35.7. The molecule has 544 valence electrons. The van der Waals surface area contributed by atoms with Gasteiger partial charge in [-0.15, -0.1) is 0 Å². The van der Waals surface area contributed by atoms with Gasteiger partial charge in [0.15, 0.2) is 0 Å². The zero-order chi connectivity index (χ0) is 77.3. The lowest BCUT2D eigenvalue weighted by Crippen LogP contribution is -2.39. The number of anilines is 4. The van der Waals surface area contributed by atoms with Crippen molar-refractivity contribution in [2.75, 3.05) is 22.5 Å². The number of hydrogen-bond donors (Lipinski definition) is 2. The van der Waals surface area contributed by atoms with Gasteiger partial charge < -0.3 is 0 Å². The van der Waals surface area contributed by atoms with Crippen molar-refractivity contribution < 1.29 is 14.8 Å². The first kappa shape index (κ1) is 96.2. The number of hydrogen-bond acceptors (Lipinski definition) is 11. The highest BCUT2D eigenvalue weighted by atomic mass is 16.6. The lowest BCUT2D eigenvalue weighted by atomic mass is 9.80. The summed E-state index contributed by atoms with van der Waals surface area (Å²) < 4.78 is 0. The fourth-order valence-corrected chi connectivity index (χ4v) is 9.85. The number of allylic oxidation sites excluding steroid dienone is 1. The van der Waals surface area contributed by atoms with Gasteiger partial charge in [-0.05, 0) is 105 Å². The molecule has 12 rings (SSSR count). The number of fused-ring (bicyclic) bond motifs is 7. The van der Waals surface area contributed by atoms with Crippen LogP contribution in [0.25, 0.3) is 33.4 Å². The molecule has 0 saturated heterocycles. The average molecular weight is 1370 g/mol. The molecule has 0 saturated carbocycles. The summed E-state index contributed by atoms with van der Waals surface area (Å²) in [6.45, 7) is 54.0. The average Bonchev–Trinajstić information content (AvgIpc) is 1.57. The molecule has 9 aromatic rings. The van der Waals surface area contributed by atoms with Crippen molar-refractivity contribution in [2.45, 2.75) is 193 Å². The van der Waals surface area contributed by atoms with Crippen LogP contribution in [-0.2, 0) is 0 Å². The van der Waals surface area contributed by atoms with Crippen LogP contribution in [0.4, 0.5) is 45.5 Å². The van der Waals surface area contributed by atoms with E-state index in [1.807, 2.05) is 223 Å². The Kier molecular flexibility index (Phi) is 56.6. The second kappa shape index (κ2) is 58.9. The standard InChI is InChI=1S/C33H22.C18H13N5O6.C9H11N3.13C2H6/c1-2-12-22(13-3-1)31(32-27-18-8-4-14-23(27)24-15-5-9-19-28(24)32)33-29-20-10-6-16-25(29)26-17-7-11-21-30(26)33;24-21(25)15-11-16(22(26)27)18(17(12-15)23(28)29)19-20(13-7-3-1-4-8-13)14-9-5-2-6-10-14;1-7-10-8-5-3-4-6-9(8)12(2)11-7;13*1-2/h1-21,32H;1-12,19H;3-6H,1-2H3,(H,10,11);13*1-2H3. The van der Waals surface area contributed by atoms with Crippen LogP contribution in [0.2, 0.25) is 0 Å². The van der Waals surface area contributed by atoms with E-state index in [1.165, 1.54) is 66.2 Å². The maximum atomic E-state index is 11.5. The van der Waals surface area contributed by atoms with Crippen molar-refractivity contribution in [1.29, 1.82) is 0 Å². The largest absolute Gasteiger partial charge is 0.308 e. The summed E-state index contributed by atoms with van der Waals surface area (Å²) in [5, 5.41) is 37.5. The van der Waals surface area contributed by atoms with E-state index in [-0.39, 0.29) is 5.92 Å². The van der Waals surface area contributed by atoms with Gasteiger partial charge >= 0.3 is 11.4 Å². The van der Waals surface area contributed by atoms with Gasteiger partial charge in [0.1, 0.15) is 5.84 Å². The molecular formula is C86H124N8O6. The third kappa shape index (κ3) is 26.9. The second-order valence-corrected chi connectivity index (χ2v) is 17.5. The number of non-ortho nitro benzene ring substituents is 1. The molecule has 2 aliphatic carbocycles. The van der Waals surface area contributed by atoms with Gasteiger partial charge in [0.2, 0.25) is 5.69 Å². The number of rotatable bonds is 9. The highest BCUT2D eigenvalue weighted by Crippen LogP contribution is 2.56. The lowest BCUT2D eigenvalue weighted by molar-refractivity contribution is -0.401. The highest BCUT2D eigenvalue weighted by Gasteiger charge is 2.37. The summed E-state index contributed by atoms with van der Waals surface area (Å²) in [6, 6.07) is 73.3. The Morgan fingerprint density at radius 1 is 0.400 bits per heavy atom. The van der Waals surface area contributed by atoms with Gasteiger partial charge in [-0.1, -0.05) is 356 Å². The summed E-state index contributed by atoms with van der Waals surface area (Å²) in [5.74, 6) is 1.12. The maximum absolute atomic E-state index is 11.5. The van der Waals surface area contributed by atoms with Crippen molar-refractivity contribution in [1.82, 2.24) is 5.43 Å². The summed E-state index contributed by atoms with van der Waals surface area (Å²) in [5.41, 5.74) is 21.1. The Hall–Kier alpha value is -10.2. The van der Waals surface area contributed by atoms with Crippen molar-refractivity contribution >= 4 is 62.5 Å². The summed E-state index contributed by atoms with van der Waals surface area (Å²) in [6.07, 6.45) is 0. The molecule has 9 aromatic carbocycles. The molecule has 100 heavy (non-hydrogen) atoms.